The molecular formula is C10H12F3N3S. The minimum Gasteiger partial charge on any atom is -0.312 e. The largest absolute Gasteiger partial charge is 0.433 e. The van der Waals surface area contributed by atoms with Crippen molar-refractivity contribution in [1.82, 2.24) is 15.3 Å². The third-order valence-electron chi connectivity index (χ3n) is 2.52. The zero-order valence-electron chi connectivity index (χ0n) is 9.26. The van der Waals surface area contributed by atoms with Crippen LogP contribution in [-0.2, 0) is 24.9 Å². The highest BCUT2D eigenvalue weighted by atomic mass is 32.2. The minimum absolute atomic E-state index is 0.198. The average Bonchev–Trinajstić information content (AvgIpc) is 2.27. The first kappa shape index (κ1) is 12.6. The number of halogens is 3. The number of alkyl halides is 3. The third kappa shape index (κ3) is 2.71. The molecule has 1 aromatic heterocycles. The van der Waals surface area contributed by atoms with Crippen molar-refractivity contribution in [2.24, 2.45) is 0 Å². The van der Waals surface area contributed by atoms with Gasteiger partial charge in [0.15, 0.2) is 5.69 Å². The van der Waals surface area contributed by atoms with E-state index in [2.05, 4.69) is 15.3 Å². The Labute approximate surface area is 101 Å². The Morgan fingerprint density at radius 2 is 2.12 bits per heavy atom. The van der Waals surface area contributed by atoms with E-state index in [9.17, 15) is 13.2 Å². The van der Waals surface area contributed by atoms with Gasteiger partial charge in [0.05, 0.1) is 11.4 Å². The van der Waals surface area contributed by atoms with E-state index >= 15 is 0 Å². The predicted molar refractivity (Wildman–Crippen MR) is 59.7 cm³/mol. The van der Waals surface area contributed by atoms with Gasteiger partial charge in [0.2, 0.25) is 0 Å². The minimum atomic E-state index is -4.40. The highest BCUT2D eigenvalue weighted by Gasteiger charge is 2.37. The molecule has 0 radical (unpaired) electrons. The van der Waals surface area contributed by atoms with Crippen LogP contribution in [0.4, 0.5) is 13.2 Å². The molecule has 1 aromatic rings. The van der Waals surface area contributed by atoms with Gasteiger partial charge in [-0.1, -0.05) is 0 Å². The quantitative estimate of drug-likeness (QED) is 0.885. The standard InChI is InChI=1S/C10H12F3N3S/c1-17-5-8-15-7-2-3-14-4-6(7)9(16-8)10(11,12)13/h14H,2-5H2,1H3. The van der Waals surface area contributed by atoms with Gasteiger partial charge in [-0.3, -0.25) is 0 Å². The van der Waals surface area contributed by atoms with Gasteiger partial charge in [-0.15, -0.1) is 0 Å². The van der Waals surface area contributed by atoms with Crippen LogP contribution >= 0.6 is 11.8 Å². The molecule has 0 unspecified atom stereocenters. The van der Waals surface area contributed by atoms with Crippen molar-refractivity contribution < 1.29 is 13.2 Å². The molecule has 1 aliphatic rings. The van der Waals surface area contributed by atoms with Gasteiger partial charge >= 0.3 is 6.18 Å². The molecule has 1 aliphatic heterocycles. The zero-order valence-corrected chi connectivity index (χ0v) is 10.1. The highest BCUT2D eigenvalue weighted by molar-refractivity contribution is 7.97. The molecule has 2 rings (SSSR count). The zero-order chi connectivity index (χ0) is 12.5. The van der Waals surface area contributed by atoms with Crippen molar-refractivity contribution in [3.63, 3.8) is 0 Å². The van der Waals surface area contributed by atoms with Crippen molar-refractivity contribution in [2.45, 2.75) is 24.9 Å². The lowest BCUT2D eigenvalue weighted by Crippen LogP contribution is -2.29. The summed E-state index contributed by atoms with van der Waals surface area (Å²) in [6, 6.07) is 0. The van der Waals surface area contributed by atoms with Crippen LogP contribution in [-0.4, -0.2) is 22.8 Å². The van der Waals surface area contributed by atoms with E-state index in [1.165, 1.54) is 11.8 Å². The number of fused-ring (bicyclic) bond motifs is 1. The Bertz CT molecular complexity index is 420. The van der Waals surface area contributed by atoms with E-state index in [0.29, 0.717) is 24.4 Å². The van der Waals surface area contributed by atoms with Gasteiger partial charge in [0.1, 0.15) is 5.82 Å². The highest BCUT2D eigenvalue weighted by Crippen LogP contribution is 2.32. The Morgan fingerprint density at radius 1 is 1.35 bits per heavy atom. The van der Waals surface area contributed by atoms with E-state index in [1.54, 1.807) is 0 Å². The molecule has 0 atom stereocenters. The number of aromatic nitrogens is 2. The second kappa shape index (κ2) is 4.81. The second-order valence-electron chi connectivity index (χ2n) is 3.77. The van der Waals surface area contributed by atoms with Crippen LogP contribution < -0.4 is 5.32 Å². The summed E-state index contributed by atoms with van der Waals surface area (Å²) in [5, 5.41) is 2.92. The fraction of sp³-hybridized carbons (Fsp3) is 0.600. The molecule has 17 heavy (non-hydrogen) atoms. The number of hydrogen-bond acceptors (Lipinski definition) is 4. The molecule has 94 valence electrons. The van der Waals surface area contributed by atoms with Gasteiger partial charge < -0.3 is 5.32 Å². The fourth-order valence-electron chi connectivity index (χ4n) is 1.82. The molecular weight excluding hydrogens is 251 g/mol. The first-order valence-electron chi connectivity index (χ1n) is 5.18. The van der Waals surface area contributed by atoms with Crippen LogP contribution in [0.1, 0.15) is 22.8 Å². The van der Waals surface area contributed by atoms with E-state index < -0.39 is 11.9 Å². The molecule has 0 aromatic carbocycles. The molecule has 1 N–H and O–H groups in total. The summed E-state index contributed by atoms with van der Waals surface area (Å²) in [6.07, 6.45) is -2.06. The van der Waals surface area contributed by atoms with Crippen molar-refractivity contribution >= 4 is 11.8 Å². The molecule has 0 amide bonds. The normalized spacial score (nSPS) is 15.8. The number of nitrogens with one attached hydrogen (secondary N) is 1. The molecule has 0 aliphatic carbocycles. The van der Waals surface area contributed by atoms with Gasteiger partial charge in [-0.05, 0) is 6.26 Å². The summed E-state index contributed by atoms with van der Waals surface area (Å²) in [4.78, 5) is 7.86. The first-order valence-corrected chi connectivity index (χ1v) is 6.57. The predicted octanol–water partition coefficient (Wildman–Crippen LogP) is 2.00. The lowest BCUT2D eigenvalue weighted by atomic mass is 10.0. The maximum absolute atomic E-state index is 12.9. The Morgan fingerprint density at radius 3 is 2.76 bits per heavy atom. The average molecular weight is 263 g/mol. The maximum Gasteiger partial charge on any atom is 0.433 e. The summed E-state index contributed by atoms with van der Waals surface area (Å²) in [5.41, 5.74) is -0.0394. The third-order valence-corrected chi connectivity index (χ3v) is 3.07. The molecule has 0 fully saturated rings. The van der Waals surface area contributed by atoms with Crippen LogP contribution in [0.3, 0.4) is 0 Å². The van der Waals surface area contributed by atoms with Gasteiger partial charge in [-0.2, -0.15) is 24.9 Å². The number of nitrogens with zero attached hydrogens (tertiary/aromatic N) is 2. The van der Waals surface area contributed by atoms with Crippen molar-refractivity contribution in [1.29, 1.82) is 0 Å². The van der Waals surface area contributed by atoms with Gasteiger partial charge in [0.25, 0.3) is 0 Å². The molecule has 7 heteroatoms. The summed E-state index contributed by atoms with van der Waals surface area (Å²) < 4.78 is 38.6. The van der Waals surface area contributed by atoms with Crippen LogP contribution in [0.15, 0.2) is 0 Å². The first-order chi connectivity index (χ1) is 8.02. The summed E-state index contributed by atoms with van der Waals surface area (Å²) in [7, 11) is 0. The maximum atomic E-state index is 12.9. The second-order valence-corrected chi connectivity index (χ2v) is 4.64. The fourth-order valence-corrected chi connectivity index (χ4v) is 2.21. The molecule has 0 spiro atoms. The summed E-state index contributed by atoms with van der Waals surface area (Å²) >= 11 is 1.42. The van der Waals surface area contributed by atoms with Crippen molar-refractivity contribution in [3.05, 3.63) is 22.8 Å². The van der Waals surface area contributed by atoms with Gasteiger partial charge in [0, 0.05) is 25.1 Å². The summed E-state index contributed by atoms with van der Waals surface area (Å²) in [6.45, 7) is 0.865. The van der Waals surface area contributed by atoms with E-state index in [0.717, 1.165) is 0 Å². The van der Waals surface area contributed by atoms with E-state index in [1.807, 2.05) is 6.26 Å². The smallest absolute Gasteiger partial charge is 0.312 e. The Kier molecular flexibility index (Phi) is 3.58. The molecule has 2 heterocycles. The topological polar surface area (TPSA) is 37.8 Å². The van der Waals surface area contributed by atoms with Crippen LogP contribution in [0, 0.1) is 0 Å². The molecule has 0 saturated carbocycles. The van der Waals surface area contributed by atoms with Crippen molar-refractivity contribution in [3.8, 4) is 0 Å². The van der Waals surface area contributed by atoms with E-state index in [4.69, 9.17) is 0 Å². The molecule has 0 saturated heterocycles. The van der Waals surface area contributed by atoms with Crippen LogP contribution in [0.5, 0.6) is 0 Å². The number of rotatable bonds is 2. The van der Waals surface area contributed by atoms with Crippen LogP contribution in [0.25, 0.3) is 0 Å². The number of thioether (sulfide) groups is 1. The summed E-state index contributed by atoms with van der Waals surface area (Å²) in [5.74, 6) is 0.675. The lowest BCUT2D eigenvalue weighted by molar-refractivity contribution is -0.142. The van der Waals surface area contributed by atoms with Gasteiger partial charge in [-0.25, -0.2) is 9.97 Å². The Hall–Kier alpha value is -0.820. The van der Waals surface area contributed by atoms with E-state index in [-0.39, 0.29) is 17.9 Å². The molecule has 0 bridgehead atoms. The number of hydrogen-bond donors (Lipinski definition) is 1. The lowest BCUT2D eigenvalue weighted by Gasteiger charge is -2.21. The van der Waals surface area contributed by atoms with Crippen LogP contribution in [0.2, 0.25) is 0 Å². The monoisotopic (exact) mass is 263 g/mol. The Balaban J connectivity index is 2.50. The van der Waals surface area contributed by atoms with Crippen molar-refractivity contribution in [2.75, 3.05) is 12.8 Å². The SMILES string of the molecule is CSCc1nc2c(c(C(F)(F)F)n1)CNCC2. The molecule has 3 nitrogen and oxygen atoms in total.